The van der Waals surface area contributed by atoms with E-state index in [9.17, 15) is 0 Å². The van der Waals surface area contributed by atoms with Crippen LogP contribution in [0.25, 0.3) is 22.8 Å². The smallest absolute Gasteiger partial charge is 0.158 e. The molecule has 2 aromatic heterocycles. The predicted octanol–water partition coefficient (Wildman–Crippen LogP) is 4.67. The maximum absolute atomic E-state index is 4.52. The first-order valence-corrected chi connectivity index (χ1v) is 10.4. The van der Waals surface area contributed by atoms with Crippen molar-refractivity contribution in [2.75, 3.05) is 0 Å². The van der Waals surface area contributed by atoms with Gasteiger partial charge in [-0.05, 0) is 12.8 Å². The molecule has 165 valence electrons. The normalized spacial score (nSPS) is 10.2. The third kappa shape index (κ3) is 6.68. The topological polar surface area (TPSA) is 61.4 Å². The molecule has 1 radical (unpaired) electrons. The average Bonchev–Trinajstić information content (AvgIpc) is 3.32. The van der Waals surface area contributed by atoms with E-state index in [1.807, 2.05) is 65.9 Å². The Bertz CT molecular complexity index is 955. The summed E-state index contributed by atoms with van der Waals surface area (Å²) in [5.74, 6) is 3.67. The van der Waals surface area contributed by atoms with Gasteiger partial charge in [-0.1, -0.05) is 44.2 Å². The van der Waals surface area contributed by atoms with Gasteiger partial charge in [-0.15, -0.1) is 35.9 Å². The summed E-state index contributed by atoms with van der Waals surface area (Å²) in [7, 11) is 3.86. The van der Waals surface area contributed by atoms with Gasteiger partial charge in [0.2, 0.25) is 0 Å². The van der Waals surface area contributed by atoms with Gasteiger partial charge < -0.3 is 0 Å². The fourth-order valence-corrected chi connectivity index (χ4v) is 3.14. The molecule has 2 heterocycles. The number of hydrogen-bond acceptors (Lipinski definition) is 4. The molecule has 0 N–H and O–H groups in total. The monoisotopic (exact) mass is 594 g/mol. The molecule has 0 atom stereocenters. The second-order valence-electron chi connectivity index (χ2n) is 7.09. The Morgan fingerprint density at radius 2 is 1.29 bits per heavy atom. The first-order chi connectivity index (χ1) is 14.6. The van der Waals surface area contributed by atoms with Crippen LogP contribution in [0.1, 0.15) is 38.3 Å². The summed E-state index contributed by atoms with van der Waals surface area (Å²) in [6.45, 7) is 4.27. The number of hydrogen-bond donors (Lipinski definition) is 0. The largest absolute Gasteiger partial charge is 0.289 e. The van der Waals surface area contributed by atoms with E-state index in [2.05, 4.69) is 52.2 Å². The van der Waals surface area contributed by atoms with Gasteiger partial charge in [0.25, 0.3) is 0 Å². The number of nitrogens with zero attached hydrogens (tertiary/aromatic N) is 6. The maximum atomic E-state index is 4.52. The third-order valence-corrected chi connectivity index (χ3v) is 4.54. The molecule has 2 aromatic carbocycles. The van der Waals surface area contributed by atoms with Gasteiger partial charge in [-0.25, -0.2) is 9.67 Å². The molecule has 0 aliphatic heterocycles. The van der Waals surface area contributed by atoms with E-state index in [0.29, 0.717) is 0 Å². The number of aromatic nitrogens is 6. The van der Waals surface area contributed by atoms with E-state index >= 15 is 0 Å². The Hall–Kier alpha value is -2.63. The van der Waals surface area contributed by atoms with E-state index in [-0.39, 0.29) is 20.1 Å². The summed E-state index contributed by atoms with van der Waals surface area (Å²) in [5, 5.41) is 8.74. The zero-order valence-corrected chi connectivity index (χ0v) is 20.9. The second-order valence-corrected chi connectivity index (χ2v) is 7.09. The van der Waals surface area contributed by atoms with Crippen LogP contribution in [-0.4, -0.2) is 29.5 Å². The summed E-state index contributed by atoms with van der Waals surface area (Å²) >= 11 is 0. The van der Waals surface area contributed by atoms with Gasteiger partial charge >= 0.3 is 0 Å². The number of aryl methyl sites for hydroxylation is 4. The molecule has 0 bridgehead atoms. The molecule has 0 saturated carbocycles. The average molecular weight is 594 g/mol. The summed E-state index contributed by atoms with van der Waals surface area (Å²) in [4.78, 5) is 9.01. The predicted molar refractivity (Wildman–Crippen MR) is 120 cm³/mol. The summed E-state index contributed by atoms with van der Waals surface area (Å²) in [5.41, 5.74) is 2.12. The molecular formula is C24H29IrN6-. The summed E-state index contributed by atoms with van der Waals surface area (Å²) in [6, 6.07) is 21.1. The van der Waals surface area contributed by atoms with Crippen LogP contribution < -0.4 is 0 Å². The first-order valence-electron chi connectivity index (χ1n) is 10.4. The molecule has 0 aliphatic carbocycles. The zero-order valence-electron chi connectivity index (χ0n) is 18.5. The van der Waals surface area contributed by atoms with Crippen LogP contribution in [0.5, 0.6) is 0 Å². The molecule has 0 aliphatic rings. The molecule has 0 amide bonds. The first kappa shape index (κ1) is 24.6. The van der Waals surface area contributed by atoms with Gasteiger partial charge in [0.05, 0.1) is 5.82 Å². The van der Waals surface area contributed by atoms with Crippen molar-refractivity contribution >= 4 is 0 Å². The molecule has 0 fully saturated rings. The Kier molecular flexibility index (Phi) is 9.76. The number of benzene rings is 2. The van der Waals surface area contributed by atoms with Crippen molar-refractivity contribution in [3.63, 3.8) is 0 Å². The standard InChI is InChI=1S/C12H15N3.C12H14N3.Ir/c2*1-3-7-11-13-12(15(2)14-11)10-8-5-4-6-9-10;/h4-6,8-9H,3,7H2,1-2H3;4-6,8H,3,7H2,1-2H3;/q;-1;. The summed E-state index contributed by atoms with van der Waals surface area (Å²) in [6.07, 6.45) is 4.03. The van der Waals surface area contributed by atoms with Crippen LogP contribution in [0, 0.1) is 6.07 Å². The molecular weight excluding hydrogens is 565 g/mol. The minimum absolute atomic E-state index is 0. The second kappa shape index (κ2) is 12.3. The summed E-state index contributed by atoms with van der Waals surface area (Å²) < 4.78 is 3.66. The molecule has 4 rings (SSSR count). The van der Waals surface area contributed by atoms with Crippen molar-refractivity contribution in [2.24, 2.45) is 14.1 Å². The molecule has 0 saturated heterocycles. The SMILES string of the molecule is CCCc1nc(-c2[c-]cccc2)n(C)n1.CCCc1nc(-c2ccccc2)n(C)n1.[Ir]. The minimum atomic E-state index is 0. The maximum Gasteiger partial charge on any atom is 0.158 e. The van der Waals surface area contributed by atoms with Gasteiger partial charge in [0.1, 0.15) is 5.82 Å². The van der Waals surface area contributed by atoms with Crippen molar-refractivity contribution in [2.45, 2.75) is 39.5 Å². The van der Waals surface area contributed by atoms with E-state index < -0.39 is 0 Å². The van der Waals surface area contributed by atoms with Crippen LogP contribution in [0.3, 0.4) is 0 Å². The number of rotatable bonds is 6. The molecule has 7 heteroatoms. The van der Waals surface area contributed by atoms with Crippen LogP contribution in [-0.2, 0) is 47.0 Å². The van der Waals surface area contributed by atoms with Crippen molar-refractivity contribution in [3.05, 3.63) is 72.3 Å². The minimum Gasteiger partial charge on any atom is -0.289 e. The fraction of sp³-hybridized carbons (Fsp3) is 0.333. The van der Waals surface area contributed by atoms with E-state index in [0.717, 1.165) is 60.1 Å². The van der Waals surface area contributed by atoms with Gasteiger partial charge in [0.15, 0.2) is 11.6 Å². The Labute approximate surface area is 198 Å². The third-order valence-electron chi connectivity index (χ3n) is 4.54. The Balaban J connectivity index is 0.000000213. The quantitative estimate of drug-likeness (QED) is 0.305. The van der Waals surface area contributed by atoms with Crippen LogP contribution >= 0.6 is 0 Å². The van der Waals surface area contributed by atoms with Gasteiger partial charge in [0, 0.05) is 52.6 Å². The van der Waals surface area contributed by atoms with Crippen LogP contribution in [0.15, 0.2) is 54.6 Å². The molecule has 0 spiro atoms. The van der Waals surface area contributed by atoms with Crippen molar-refractivity contribution in [1.82, 2.24) is 29.5 Å². The van der Waals surface area contributed by atoms with Crippen LogP contribution in [0.2, 0.25) is 0 Å². The Morgan fingerprint density at radius 3 is 1.84 bits per heavy atom. The molecule has 4 aromatic rings. The van der Waals surface area contributed by atoms with Crippen molar-refractivity contribution in [3.8, 4) is 22.8 Å². The zero-order chi connectivity index (χ0) is 21.3. The van der Waals surface area contributed by atoms with Crippen LogP contribution in [0.4, 0.5) is 0 Å². The van der Waals surface area contributed by atoms with Crippen molar-refractivity contribution in [1.29, 1.82) is 0 Å². The fourth-order valence-electron chi connectivity index (χ4n) is 3.14. The van der Waals surface area contributed by atoms with Gasteiger partial charge in [-0.3, -0.25) is 9.67 Å². The van der Waals surface area contributed by atoms with E-state index in [1.165, 1.54) is 0 Å². The Morgan fingerprint density at radius 1 is 0.742 bits per heavy atom. The van der Waals surface area contributed by atoms with E-state index in [1.54, 1.807) is 0 Å². The molecule has 31 heavy (non-hydrogen) atoms. The van der Waals surface area contributed by atoms with Crippen molar-refractivity contribution < 1.29 is 20.1 Å². The van der Waals surface area contributed by atoms with Gasteiger partial charge in [-0.2, -0.15) is 10.2 Å². The molecule has 6 nitrogen and oxygen atoms in total. The molecule has 0 unspecified atom stereocenters. The van der Waals surface area contributed by atoms with E-state index in [4.69, 9.17) is 0 Å².